The Morgan fingerprint density at radius 3 is 2.90 bits per heavy atom. The second-order valence-corrected chi connectivity index (χ2v) is 4.76. The van der Waals surface area contributed by atoms with Gasteiger partial charge in [0, 0.05) is 6.20 Å². The first kappa shape index (κ1) is 14.0. The van der Waals surface area contributed by atoms with Gasteiger partial charge in [-0.05, 0) is 28.5 Å². The standard InChI is InChI=1S/C13H12N2O4S/c1-19-13(18)9-5-10(12(17)14-6-9)15-11(16)4-8-2-3-20-7-8/h2-3,5-7H,4H2,1H3,(H,14,17)(H,15,16). The third-order valence-corrected chi connectivity index (χ3v) is 3.28. The summed E-state index contributed by atoms with van der Waals surface area (Å²) in [5.74, 6) is -0.912. The van der Waals surface area contributed by atoms with E-state index in [1.54, 1.807) is 0 Å². The molecule has 104 valence electrons. The summed E-state index contributed by atoms with van der Waals surface area (Å²) in [6, 6.07) is 3.12. The average molecular weight is 292 g/mol. The van der Waals surface area contributed by atoms with Gasteiger partial charge in [-0.15, -0.1) is 0 Å². The molecule has 0 aliphatic heterocycles. The van der Waals surface area contributed by atoms with Crippen LogP contribution in [0.2, 0.25) is 0 Å². The number of ether oxygens (including phenoxy) is 1. The van der Waals surface area contributed by atoms with E-state index in [4.69, 9.17) is 0 Å². The number of rotatable bonds is 4. The second kappa shape index (κ2) is 6.16. The predicted octanol–water partition coefficient (Wildman–Crippen LogP) is 1.40. The first-order chi connectivity index (χ1) is 9.60. The van der Waals surface area contributed by atoms with Crippen LogP contribution in [0, 0.1) is 0 Å². The molecule has 0 aliphatic carbocycles. The Labute approximate surface area is 118 Å². The Morgan fingerprint density at radius 2 is 2.25 bits per heavy atom. The highest BCUT2D eigenvalue weighted by Gasteiger charge is 2.11. The van der Waals surface area contributed by atoms with Crippen LogP contribution >= 0.6 is 11.3 Å². The molecular formula is C13H12N2O4S. The summed E-state index contributed by atoms with van der Waals surface area (Å²) in [6.07, 6.45) is 1.41. The number of nitrogens with one attached hydrogen (secondary N) is 2. The molecule has 0 bridgehead atoms. The maximum atomic E-state index is 11.8. The molecule has 2 heterocycles. The van der Waals surface area contributed by atoms with Gasteiger partial charge in [0.1, 0.15) is 5.69 Å². The molecule has 6 nitrogen and oxygen atoms in total. The maximum absolute atomic E-state index is 11.8. The van der Waals surface area contributed by atoms with Gasteiger partial charge < -0.3 is 15.0 Å². The zero-order valence-corrected chi connectivity index (χ0v) is 11.5. The van der Waals surface area contributed by atoms with Gasteiger partial charge in [-0.2, -0.15) is 11.3 Å². The molecular weight excluding hydrogens is 280 g/mol. The lowest BCUT2D eigenvalue weighted by atomic mass is 10.2. The van der Waals surface area contributed by atoms with Crippen LogP contribution in [0.5, 0.6) is 0 Å². The van der Waals surface area contributed by atoms with Crippen molar-refractivity contribution in [1.82, 2.24) is 4.98 Å². The lowest BCUT2D eigenvalue weighted by Crippen LogP contribution is -2.22. The molecule has 0 atom stereocenters. The molecule has 2 N–H and O–H groups in total. The summed E-state index contributed by atoms with van der Waals surface area (Å²) in [5.41, 5.74) is 0.579. The van der Waals surface area contributed by atoms with Gasteiger partial charge in [0.2, 0.25) is 5.91 Å². The predicted molar refractivity (Wildman–Crippen MR) is 75.1 cm³/mol. The Kier molecular flexibility index (Phi) is 4.31. The Morgan fingerprint density at radius 1 is 1.45 bits per heavy atom. The molecule has 0 spiro atoms. The number of aromatic amines is 1. The number of carbonyl (C=O) groups is 2. The van der Waals surface area contributed by atoms with Crippen molar-refractivity contribution >= 4 is 28.9 Å². The molecule has 2 aromatic heterocycles. The minimum absolute atomic E-state index is 0.0214. The number of esters is 1. The molecule has 0 saturated heterocycles. The van der Waals surface area contributed by atoms with Crippen LogP contribution in [0.3, 0.4) is 0 Å². The number of hydrogen-bond donors (Lipinski definition) is 2. The highest BCUT2D eigenvalue weighted by Crippen LogP contribution is 2.09. The number of pyridine rings is 1. The Balaban J connectivity index is 2.14. The lowest BCUT2D eigenvalue weighted by Gasteiger charge is -2.05. The molecule has 0 unspecified atom stereocenters. The largest absolute Gasteiger partial charge is 0.465 e. The molecule has 0 saturated carbocycles. The summed E-state index contributed by atoms with van der Waals surface area (Å²) in [7, 11) is 1.24. The number of anilines is 1. The van der Waals surface area contributed by atoms with Crippen molar-refractivity contribution in [2.45, 2.75) is 6.42 Å². The van der Waals surface area contributed by atoms with Gasteiger partial charge in [-0.1, -0.05) is 0 Å². The van der Waals surface area contributed by atoms with Crippen molar-refractivity contribution < 1.29 is 14.3 Å². The molecule has 2 rings (SSSR count). The molecule has 0 fully saturated rings. The monoisotopic (exact) mass is 292 g/mol. The van der Waals surface area contributed by atoms with Gasteiger partial charge in [-0.3, -0.25) is 9.59 Å². The summed E-state index contributed by atoms with van der Waals surface area (Å²) < 4.78 is 4.55. The van der Waals surface area contributed by atoms with Gasteiger partial charge in [-0.25, -0.2) is 4.79 Å². The van der Waals surface area contributed by atoms with Crippen molar-refractivity contribution in [3.8, 4) is 0 Å². The number of H-pyrrole nitrogens is 1. The zero-order valence-electron chi connectivity index (χ0n) is 10.6. The van der Waals surface area contributed by atoms with Crippen LogP contribution in [0.15, 0.2) is 33.9 Å². The fourth-order valence-corrected chi connectivity index (χ4v) is 2.25. The SMILES string of the molecule is COC(=O)c1c[nH]c(=O)c(NC(=O)Cc2ccsc2)c1. The minimum atomic E-state index is -0.588. The highest BCUT2D eigenvalue weighted by atomic mass is 32.1. The highest BCUT2D eigenvalue weighted by molar-refractivity contribution is 7.08. The number of carbonyl (C=O) groups excluding carboxylic acids is 2. The van der Waals surface area contributed by atoms with Gasteiger partial charge in [0.25, 0.3) is 5.56 Å². The quantitative estimate of drug-likeness (QED) is 0.834. The summed E-state index contributed by atoms with van der Waals surface area (Å²) in [6.45, 7) is 0. The molecule has 0 aliphatic rings. The number of aromatic nitrogens is 1. The van der Waals surface area contributed by atoms with Crippen LogP contribution < -0.4 is 10.9 Å². The first-order valence-electron chi connectivity index (χ1n) is 5.72. The van der Waals surface area contributed by atoms with Crippen LogP contribution in [0.1, 0.15) is 15.9 Å². The van der Waals surface area contributed by atoms with Crippen LogP contribution in [-0.2, 0) is 16.0 Å². The average Bonchev–Trinajstić information content (AvgIpc) is 2.93. The number of amides is 1. The Hall–Kier alpha value is -2.41. The smallest absolute Gasteiger partial charge is 0.339 e. The van der Waals surface area contributed by atoms with E-state index in [0.29, 0.717) is 0 Å². The topological polar surface area (TPSA) is 88.3 Å². The minimum Gasteiger partial charge on any atom is -0.465 e. The van der Waals surface area contributed by atoms with Crippen LogP contribution in [0.25, 0.3) is 0 Å². The van der Waals surface area contributed by atoms with Crippen molar-refractivity contribution in [2.75, 3.05) is 12.4 Å². The molecule has 7 heteroatoms. The van der Waals surface area contributed by atoms with Gasteiger partial charge in [0.15, 0.2) is 0 Å². The van der Waals surface area contributed by atoms with E-state index in [9.17, 15) is 14.4 Å². The fourth-order valence-electron chi connectivity index (χ4n) is 1.59. The van der Waals surface area contributed by atoms with E-state index < -0.39 is 11.5 Å². The summed E-state index contributed by atoms with van der Waals surface area (Å²) in [5, 5.41) is 6.21. The third kappa shape index (κ3) is 3.33. The van der Waals surface area contributed by atoms with Crippen molar-refractivity contribution in [2.24, 2.45) is 0 Å². The molecule has 20 heavy (non-hydrogen) atoms. The first-order valence-corrected chi connectivity index (χ1v) is 6.66. The van der Waals surface area contributed by atoms with E-state index >= 15 is 0 Å². The summed E-state index contributed by atoms with van der Waals surface area (Å²) in [4.78, 5) is 37.1. The van der Waals surface area contributed by atoms with Gasteiger partial charge in [0.05, 0.1) is 19.1 Å². The number of hydrogen-bond acceptors (Lipinski definition) is 5. The van der Waals surface area contributed by atoms with E-state index in [1.165, 1.54) is 30.7 Å². The number of thiophene rings is 1. The zero-order chi connectivity index (χ0) is 14.5. The van der Waals surface area contributed by atoms with Gasteiger partial charge >= 0.3 is 5.97 Å². The molecule has 0 radical (unpaired) electrons. The maximum Gasteiger partial charge on any atom is 0.339 e. The van der Waals surface area contributed by atoms with Crippen molar-refractivity contribution in [3.05, 3.63) is 50.6 Å². The van der Waals surface area contributed by atoms with E-state index in [1.807, 2.05) is 16.8 Å². The van der Waals surface area contributed by atoms with Crippen LogP contribution in [0.4, 0.5) is 5.69 Å². The van der Waals surface area contributed by atoms with Crippen molar-refractivity contribution in [3.63, 3.8) is 0 Å². The molecule has 0 aromatic carbocycles. The van der Waals surface area contributed by atoms with Crippen molar-refractivity contribution in [1.29, 1.82) is 0 Å². The van der Waals surface area contributed by atoms with E-state index in [2.05, 4.69) is 15.0 Å². The normalized spacial score (nSPS) is 10.1. The second-order valence-electron chi connectivity index (χ2n) is 3.98. The van der Waals surface area contributed by atoms with E-state index in [0.717, 1.165) is 5.56 Å². The molecule has 1 amide bonds. The summed E-state index contributed by atoms with van der Waals surface area (Å²) >= 11 is 1.49. The van der Waals surface area contributed by atoms with Crippen LogP contribution in [-0.4, -0.2) is 24.0 Å². The third-order valence-electron chi connectivity index (χ3n) is 2.54. The molecule has 2 aromatic rings. The fraction of sp³-hybridized carbons (Fsp3) is 0.154. The number of methoxy groups -OCH3 is 1. The Bertz CT molecular complexity index is 676. The van der Waals surface area contributed by atoms with E-state index in [-0.39, 0.29) is 23.6 Å². The lowest BCUT2D eigenvalue weighted by molar-refractivity contribution is -0.115.